The standard InChI is InChI=1S/C16H11BrO.C16H12O.C10H7BrO.C10H10O.C6H6BO2.3C2H6.Br2/c1-10-7-8-12-13(9-10)14(15(17)16(12)18)11-5-3-2-4-6-11;1-11-7-8-13-15(9-11)14(10-16(13)17)12-5-3-2-4-6-12;1-6-2-3-7-8(4-6)9(11)5-10(7)12;1-7-2-4-9-8(6-7)3-5-10(9)11;8-7-9-6-4-2-1-3-5-6;4*1-2/h2-9H,1H3;2-10H,1H3;2-5H,1H3;2,4,6H,3,5H2,1H3;1-5,8H;3*1-2H3;. The first-order valence-electron chi connectivity index (χ1n) is 24.8. The summed E-state index contributed by atoms with van der Waals surface area (Å²) >= 11 is 12.3. The fraction of sp³-hybridized carbons (Fsp3) is 0.188. The summed E-state index contributed by atoms with van der Waals surface area (Å²) in [6, 6.07) is 53.0. The van der Waals surface area contributed by atoms with Gasteiger partial charge in [0.1, 0.15) is 0 Å². The minimum atomic E-state index is 0.0730. The molecule has 11 heteroatoms. The molecule has 0 bridgehead atoms. The third-order valence-electron chi connectivity index (χ3n) is 11.3. The average Bonchev–Trinajstić information content (AvgIpc) is 4.15. The normalized spacial score (nSPS) is 12.3. The van der Waals surface area contributed by atoms with Crippen LogP contribution in [-0.2, 0) is 6.42 Å². The molecule has 0 amide bonds. The number of carbonyl (C=O) groups excluding carboxylic acids is 4. The number of halogens is 4. The van der Waals surface area contributed by atoms with Crippen LogP contribution in [0.3, 0.4) is 0 Å². The van der Waals surface area contributed by atoms with Crippen molar-refractivity contribution < 1.29 is 28.9 Å². The van der Waals surface area contributed by atoms with Gasteiger partial charge in [0.2, 0.25) is 5.78 Å². The van der Waals surface area contributed by atoms with Crippen LogP contribution in [-0.4, -0.2) is 35.8 Å². The smallest absolute Gasteiger partial charge is 0.537 e. The molecule has 0 unspecified atom stereocenters. The van der Waals surface area contributed by atoms with E-state index in [-0.39, 0.29) is 17.3 Å². The van der Waals surface area contributed by atoms with Gasteiger partial charge in [0.05, 0.1) is 10.2 Å². The fourth-order valence-corrected chi connectivity index (χ4v) is 9.22. The number of aryl methyl sites for hydroxylation is 5. The highest BCUT2D eigenvalue weighted by Crippen LogP contribution is 2.40. The Bertz CT molecular complexity index is 3110. The monoisotopic (exact) mass is 1260 g/mol. The van der Waals surface area contributed by atoms with E-state index >= 15 is 0 Å². The molecule has 1 radical (unpaired) electrons. The number of ketones is 4. The largest absolute Gasteiger partial charge is 0.569 e. The lowest BCUT2D eigenvalue weighted by atomic mass is 9.98. The van der Waals surface area contributed by atoms with Crippen molar-refractivity contribution in [1.82, 2.24) is 0 Å². The van der Waals surface area contributed by atoms with Crippen molar-refractivity contribution in [1.29, 1.82) is 0 Å². The topological polar surface area (TPSA) is 97.7 Å². The van der Waals surface area contributed by atoms with Gasteiger partial charge in [0.25, 0.3) is 0 Å². The minimum Gasteiger partial charge on any atom is -0.537 e. The van der Waals surface area contributed by atoms with Crippen LogP contribution >= 0.6 is 60.1 Å². The summed E-state index contributed by atoms with van der Waals surface area (Å²) in [5, 5.41) is 8.17. The lowest BCUT2D eigenvalue weighted by Crippen LogP contribution is -1.98. The molecule has 387 valence electrons. The van der Waals surface area contributed by atoms with Gasteiger partial charge >= 0.3 is 7.69 Å². The molecule has 0 atom stereocenters. The molecular weight excluding hydrogens is 1200 g/mol. The van der Waals surface area contributed by atoms with Gasteiger partial charge in [0, 0.05) is 78.6 Å². The molecule has 0 spiro atoms. The van der Waals surface area contributed by atoms with Gasteiger partial charge in [0.15, 0.2) is 17.3 Å². The molecule has 0 fully saturated rings. The molecule has 0 aliphatic heterocycles. The van der Waals surface area contributed by atoms with E-state index in [4.69, 9.17) is 5.02 Å². The van der Waals surface area contributed by atoms with Crippen LogP contribution in [0, 0.1) is 27.7 Å². The Labute approximate surface area is 477 Å². The first kappa shape index (κ1) is 63.5. The van der Waals surface area contributed by atoms with Crippen LogP contribution in [0.2, 0.25) is 0 Å². The average molecular weight is 1260 g/mol. The second-order valence-corrected chi connectivity index (χ2v) is 17.9. The Kier molecular flexibility index (Phi) is 28.2. The van der Waals surface area contributed by atoms with Gasteiger partial charge < -0.3 is 9.68 Å². The highest BCUT2D eigenvalue weighted by atomic mass is 80.9. The van der Waals surface area contributed by atoms with Crippen molar-refractivity contribution >= 4 is 107 Å². The molecule has 75 heavy (non-hydrogen) atoms. The molecule has 0 aromatic heterocycles. The van der Waals surface area contributed by atoms with E-state index in [1.807, 2.05) is 196 Å². The van der Waals surface area contributed by atoms with Gasteiger partial charge in [-0.3, -0.25) is 19.2 Å². The summed E-state index contributed by atoms with van der Waals surface area (Å²) in [6.45, 7) is 20.2. The van der Waals surface area contributed by atoms with Crippen molar-refractivity contribution in [2.75, 3.05) is 0 Å². The van der Waals surface area contributed by atoms with E-state index < -0.39 is 0 Å². The highest BCUT2D eigenvalue weighted by Gasteiger charge is 2.29. The highest BCUT2D eigenvalue weighted by molar-refractivity contribution is 9.93. The number of hydrogen-bond donors (Lipinski definition) is 1. The molecule has 1 N–H and O–H groups in total. The third kappa shape index (κ3) is 17.6. The second-order valence-electron chi connectivity index (χ2n) is 16.3. The number of hydrogen-bond acceptors (Lipinski definition) is 6. The summed E-state index contributed by atoms with van der Waals surface area (Å²) in [7, 11) is 0.662. The predicted molar refractivity (Wildman–Crippen MR) is 329 cm³/mol. The number of rotatable bonds is 4. The van der Waals surface area contributed by atoms with E-state index in [1.165, 1.54) is 22.3 Å². The van der Waals surface area contributed by atoms with Gasteiger partial charge in [-0.2, -0.15) is 0 Å². The van der Waals surface area contributed by atoms with Gasteiger partial charge in [-0.05, 0) is 102 Å². The van der Waals surface area contributed by atoms with Crippen molar-refractivity contribution in [3.05, 3.63) is 258 Å². The Balaban J connectivity index is 0.000000243. The minimum absolute atomic E-state index is 0.0730. The molecule has 0 saturated carbocycles. The van der Waals surface area contributed by atoms with Crippen LogP contribution in [0.5, 0.6) is 5.75 Å². The molecule has 0 heterocycles. The predicted octanol–water partition coefficient (Wildman–Crippen LogP) is 18.4. The van der Waals surface area contributed by atoms with E-state index in [2.05, 4.69) is 89.9 Å². The Morgan fingerprint density at radius 2 is 0.880 bits per heavy atom. The Morgan fingerprint density at radius 3 is 1.41 bits per heavy atom. The summed E-state index contributed by atoms with van der Waals surface area (Å²) < 4.78 is 6.19. The molecule has 6 nitrogen and oxygen atoms in total. The van der Waals surface area contributed by atoms with Crippen LogP contribution in [0.4, 0.5) is 0 Å². The maximum atomic E-state index is 12.2. The Hall–Kier alpha value is -5.82. The molecule has 7 aromatic rings. The van der Waals surface area contributed by atoms with E-state index in [0.717, 1.165) is 77.7 Å². The molecule has 4 aliphatic carbocycles. The molecule has 4 aliphatic rings. The zero-order valence-corrected chi connectivity index (χ0v) is 50.6. The quantitative estimate of drug-likeness (QED) is 0.176. The number of benzene rings is 7. The summed E-state index contributed by atoms with van der Waals surface area (Å²) in [4.78, 5) is 46.5. The second kappa shape index (κ2) is 33.3. The Morgan fingerprint density at radius 1 is 0.453 bits per heavy atom. The summed E-state index contributed by atoms with van der Waals surface area (Å²) in [6.07, 6.45) is 5.00. The van der Waals surface area contributed by atoms with E-state index in [1.54, 1.807) is 24.3 Å². The van der Waals surface area contributed by atoms with E-state index in [9.17, 15) is 19.2 Å². The lowest BCUT2D eigenvalue weighted by Gasteiger charge is -2.06. The lowest BCUT2D eigenvalue weighted by molar-refractivity contribution is 0.0991. The maximum absolute atomic E-state index is 12.2. The van der Waals surface area contributed by atoms with Crippen LogP contribution in [0.15, 0.2) is 180 Å². The first-order valence-corrected chi connectivity index (χ1v) is 30.1. The third-order valence-corrected chi connectivity index (χ3v) is 12.7. The van der Waals surface area contributed by atoms with Crippen LogP contribution < -0.4 is 4.65 Å². The van der Waals surface area contributed by atoms with Crippen molar-refractivity contribution in [2.45, 2.75) is 82.1 Å². The zero-order chi connectivity index (χ0) is 55.6. The van der Waals surface area contributed by atoms with Crippen molar-refractivity contribution in [3.8, 4) is 5.75 Å². The van der Waals surface area contributed by atoms with Gasteiger partial charge in [-0.25, -0.2) is 0 Å². The van der Waals surface area contributed by atoms with Gasteiger partial charge in [-0.1, -0.05) is 231 Å². The number of fused-ring (bicyclic) bond motifs is 4. The SMILES string of the molecule is BrBr.CC.CC.CC.Cc1ccc2c(c1)C(Br)=CC2=O.Cc1ccc2c(c1)C(c1ccccc1)=C(Br)C2=O.Cc1ccc2c(c1)C(c1ccccc1)=CC2=O.Cc1ccc2c(c1)CCC2=O.O[B]Oc1ccccc1. The molecule has 7 aromatic carbocycles. The van der Waals surface area contributed by atoms with Gasteiger partial charge in [-0.15, -0.1) is 0 Å². The number of Topliss-reactive ketones (excluding diaryl/α,β-unsaturated/α-hetero) is 2. The summed E-state index contributed by atoms with van der Waals surface area (Å²) in [5.74, 6) is 1.22. The molecule has 11 rings (SSSR count). The fourth-order valence-electron chi connectivity index (χ4n) is 8.02. The van der Waals surface area contributed by atoms with Crippen molar-refractivity contribution in [3.63, 3.8) is 0 Å². The first-order chi connectivity index (χ1) is 36.3. The summed E-state index contributed by atoms with van der Waals surface area (Å²) in [5.41, 5.74) is 16.6. The number of allylic oxidation sites excluding steroid dienone is 3. The molecular formula is C64H64BBr4O6. The van der Waals surface area contributed by atoms with E-state index in [0.29, 0.717) is 30.1 Å². The maximum Gasteiger partial charge on any atom is 0.569 e. The van der Waals surface area contributed by atoms with Crippen molar-refractivity contribution in [2.24, 2.45) is 0 Å². The van der Waals surface area contributed by atoms with Crippen LogP contribution in [0.25, 0.3) is 15.6 Å². The number of para-hydroxylation sites is 1. The number of carbonyl (C=O) groups is 4. The molecule has 0 saturated heterocycles. The van der Waals surface area contributed by atoms with Crippen LogP contribution in [0.1, 0.15) is 145 Å². The zero-order valence-electron chi connectivity index (χ0n) is 44.2.